The molecule has 0 spiro atoms. The maximum absolute atomic E-state index is 3.51. The van der Waals surface area contributed by atoms with Crippen LogP contribution in [0.25, 0.3) is 0 Å². The summed E-state index contributed by atoms with van der Waals surface area (Å²) in [5.41, 5.74) is 1.48. The number of thioether (sulfide) groups is 1. The lowest BCUT2D eigenvalue weighted by Gasteiger charge is -2.34. The number of allylic oxidation sites excluding steroid dienone is 1. The third kappa shape index (κ3) is 2.27. The van der Waals surface area contributed by atoms with Crippen LogP contribution >= 0.6 is 27.7 Å². The Morgan fingerprint density at radius 3 is 2.76 bits per heavy atom. The van der Waals surface area contributed by atoms with E-state index >= 15 is 0 Å². The van der Waals surface area contributed by atoms with Gasteiger partial charge in [0.25, 0.3) is 0 Å². The lowest BCUT2D eigenvalue weighted by molar-refractivity contribution is 0.329. The highest BCUT2D eigenvalue weighted by Crippen LogP contribution is 2.47. The fourth-order valence-electron chi connectivity index (χ4n) is 2.84. The quantitative estimate of drug-likeness (QED) is 0.769. The lowest BCUT2D eigenvalue weighted by Crippen LogP contribution is -2.29. The van der Waals surface area contributed by atoms with Crippen molar-refractivity contribution in [1.29, 1.82) is 0 Å². The predicted octanol–water partition coefficient (Wildman–Crippen LogP) is 4.07. The van der Waals surface area contributed by atoms with Gasteiger partial charge in [-0.1, -0.05) is 28.1 Å². The Bertz CT molecular complexity index is 440. The van der Waals surface area contributed by atoms with Crippen LogP contribution in [0.15, 0.2) is 39.8 Å². The Kier molecular flexibility index (Phi) is 3.22. The van der Waals surface area contributed by atoms with Crippen LogP contribution in [-0.4, -0.2) is 24.2 Å². The fourth-order valence-corrected chi connectivity index (χ4v) is 4.46. The van der Waals surface area contributed by atoms with Gasteiger partial charge in [-0.2, -0.15) is 0 Å². The first-order valence-electron chi connectivity index (χ1n) is 6.04. The first-order valence-corrected chi connectivity index (χ1v) is 7.82. The molecule has 0 radical (unpaired) electrons. The molecule has 2 heterocycles. The van der Waals surface area contributed by atoms with E-state index in [9.17, 15) is 0 Å². The second kappa shape index (κ2) is 4.69. The van der Waals surface area contributed by atoms with Crippen molar-refractivity contribution in [3.8, 4) is 0 Å². The Morgan fingerprint density at radius 1 is 1.24 bits per heavy atom. The van der Waals surface area contributed by atoms with Crippen molar-refractivity contribution in [1.82, 2.24) is 4.90 Å². The topological polar surface area (TPSA) is 3.24 Å². The average molecular weight is 310 g/mol. The minimum Gasteiger partial charge on any atom is -0.379 e. The van der Waals surface area contributed by atoms with Crippen molar-refractivity contribution >= 4 is 27.7 Å². The van der Waals surface area contributed by atoms with Crippen LogP contribution in [-0.2, 0) is 0 Å². The van der Waals surface area contributed by atoms with E-state index in [0.29, 0.717) is 5.92 Å². The number of hydrogen-bond acceptors (Lipinski definition) is 2. The Balaban J connectivity index is 1.92. The summed E-state index contributed by atoms with van der Waals surface area (Å²) in [6, 6.07) is 8.87. The summed E-state index contributed by atoms with van der Waals surface area (Å²) in [5, 5.41) is 0. The van der Waals surface area contributed by atoms with Crippen LogP contribution in [0.2, 0.25) is 0 Å². The van der Waals surface area contributed by atoms with Gasteiger partial charge in [-0.25, -0.2) is 0 Å². The lowest BCUT2D eigenvalue weighted by atomic mass is 9.82. The summed E-state index contributed by atoms with van der Waals surface area (Å²) in [5.74, 6) is 2.72. The SMILES string of the molecule is CN1C=C2SCCC2C(c2ccc(Br)cc2)C1. The molecule has 17 heavy (non-hydrogen) atoms. The van der Waals surface area contributed by atoms with Crippen molar-refractivity contribution in [2.75, 3.05) is 19.3 Å². The van der Waals surface area contributed by atoms with Gasteiger partial charge in [-0.3, -0.25) is 0 Å². The van der Waals surface area contributed by atoms with Gasteiger partial charge in [0.1, 0.15) is 0 Å². The Hall–Kier alpha value is -0.410. The molecule has 0 saturated carbocycles. The molecule has 2 aliphatic heterocycles. The van der Waals surface area contributed by atoms with E-state index < -0.39 is 0 Å². The monoisotopic (exact) mass is 309 g/mol. The molecule has 1 fully saturated rings. The van der Waals surface area contributed by atoms with Crippen molar-refractivity contribution < 1.29 is 0 Å². The van der Waals surface area contributed by atoms with E-state index in [2.05, 4.69) is 58.3 Å². The van der Waals surface area contributed by atoms with E-state index in [1.807, 2.05) is 11.8 Å². The highest BCUT2D eigenvalue weighted by Gasteiger charge is 2.34. The van der Waals surface area contributed by atoms with Crippen LogP contribution in [0.1, 0.15) is 17.9 Å². The summed E-state index contributed by atoms with van der Waals surface area (Å²) in [7, 11) is 2.19. The number of nitrogens with zero attached hydrogens (tertiary/aromatic N) is 1. The largest absolute Gasteiger partial charge is 0.379 e. The van der Waals surface area contributed by atoms with Crippen molar-refractivity contribution in [3.05, 3.63) is 45.4 Å². The van der Waals surface area contributed by atoms with Gasteiger partial charge in [0, 0.05) is 41.0 Å². The van der Waals surface area contributed by atoms with E-state index in [0.717, 1.165) is 12.5 Å². The molecule has 3 rings (SSSR count). The van der Waals surface area contributed by atoms with Crippen molar-refractivity contribution in [2.24, 2.45) is 5.92 Å². The second-order valence-corrected chi connectivity index (χ2v) is 6.96. The smallest absolute Gasteiger partial charge is 0.0244 e. The highest BCUT2D eigenvalue weighted by atomic mass is 79.9. The van der Waals surface area contributed by atoms with Gasteiger partial charge < -0.3 is 4.90 Å². The van der Waals surface area contributed by atoms with Gasteiger partial charge in [-0.05, 0) is 29.9 Å². The minimum atomic E-state index is 0.670. The molecular weight excluding hydrogens is 294 g/mol. The van der Waals surface area contributed by atoms with E-state index in [1.54, 1.807) is 4.91 Å². The fraction of sp³-hybridized carbons (Fsp3) is 0.429. The molecule has 1 aromatic carbocycles. The molecule has 1 saturated heterocycles. The number of rotatable bonds is 1. The van der Waals surface area contributed by atoms with Gasteiger partial charge in [-0.15, -0.1) is 11.8 Å². The zero-order valence-corrected chi connectivity index (χ0v) is 12.3. The Labute approximate surface area is 115 Å². The maximum atomic E-state index is 3.51. The molecule has 0 aliphatic carbocycles. The molecule has 0 bridgehead atoms. The van der Waals surface area contributed by atoms with Crippen LogP contribution in [0.3, 0.4) is 0 Å². The first-order chi connectivity index (χ1) is 8.24. The molecule has 2 aliphatic rings. The van der Waals surface area contributed by atoms with Gasteiger partial charge in [0.15, 0.2) is 0 Å². The summed E-state index contributed by atoms with van der Waals surface area (Å²) < 4.78 is 1.17. The highest BCUT2D eigenvalue weighted by molar-refractivity contribution is 9.10. The molecule has 0 aromatic heterocycles. The van der Waals surface area contributed by atoms with Crippen LogP contribution in [0, 0.1) is 5.92 Å². The zero-order valence-electron chi connectivity index (χ0n) is 9.90. The van der Waals surface area contributed by atoms with Crippen LogP contribution in [0.4, 0.5) is 0 Å². The summed E-state index contributed by atoms with van der Waals surface area (Å²) in [6.45, 7) is 1.15. The molecule has 3 heteroatoms. The molecule has 1 nitrogen and oxygen atoms in total. The molecular formula is C14H16BrNS. The van der Waals surface area contributed by atoms with E-state index in [-0.39, 0.29) is 0 Å². The maximum Gasteiger partial charge on any atom is 0.0244 e. The molecule has 0 N–H and O–H groups in total. The van der Waals surface area contributed by atoms with E-state index in [1.165, 1.54) is 22.2 Å². The number of halogens is 1. The van der Waals surface area contributed by atoms with Crippen molar-refractivity contribution in [3.63, 3.8) is 0 Å². The van der Waals surface area contributed by atoms with Crippen LogP contribution in [0.5, 0.6) is 0 Å². The predicted molar refractivity (Wildman–Crippen MR) is 78.2 cm³/mol. The first kappa shape index (κ1) is 11.7. The zero-order chi connectivity index (χ0) is 11.8. The van der Waals surface area contributed by atoms with Crippen molar-refractivity contribution in [2.45, 2.75) is 12.3 Å². The van der Waals surface area contributed by atoms with Crippen LogP contribution < -0.4 is 0 Å². The number of likely N-dealkylation sites (N-methyl/N-ethyl adjacent to an activating group) is 1. The van der Waals surface area contributed by atoms with Gasteiger partial charge >= 0.3 is 0 Å². The third-order valence-corrected chi connectivity index (χ3v) is 5.39. The molecule has 2 atom stereocenters. The standard InChI is InChI=1S/C14H16BrNS/c1-16-8-13(10-2-4-11(15)5-3-10)12-6-7-17-14(12)9-16/h2-5,9,12-13H,6-8H2,1H3. The molecule has 0 amide bonds. The molecule has 1 aromatic rings. The Morgan fingerprint density at radius 2 is 2.00 bits per heavy atom. The normalized spacial score (nSPS) is 27.9. The average Bonchev–Trinajstić information content (AvgIpc) is 2.77. The van der Waals surface area contributed by atoms with E-state index in [4.69, 9.17) is 0 Å². The number of benzene rings is 1. The molecule has 90 valence electrons. The van der Waals surface area contributed by atoms with Gasteiger partial charge in [0.05, 0.1) is 0 Å². The molecule has 2 unspecified atom stereocenters. The summed E-state index contributed by atoms with van der Waals surface area (Å²) in [6.07, 6.45) is 3.68. The third-order valence-electron chi connectivity index (χ3n) is 3.68. The minimum absolute atomic E-state index is 0.670. The summed E-state index contributed by atoms with van der Waals surface area (Å²) in [4.78, 5) is 3.93. The van der Waals surface area contributed by atoms with Gasteiger partial charge in [0.2, 0.25) is 0 Å². The number of fused-ring (bicyclic) bond motifs is 1. The summed E-state index contributed by atoms with van der Waals surface area (Å²) >= 11 is 5.55. The number of hydrogen-bond donors (Lipinski definition) is 0. The second-order valence-electron chi connectivity index (χ2n) is 4.87.